The molecule has 0 saturated carbocycles. The van der Waals surface area contributed by atoms with Crippen molar-refractivity contribution in [2.45, 2.75) is 13.8 Å². The van der Waals surface area contributed by atoms with Crippen molar-refractivity contribution in [3.8, 4) is 0 Å². The summed E-state index contributed by atoms with van der Waals surface area (Å²) < 4.78 is 0. The zero-order chi connectivity index (χ0) is 12.7. The number of hydrogen-bond donors (Lipinski definition) is 2. The maximum atomic E-state index is 10.9. The van der Waals surface area contributed by atoms with Crippen LogP contribution in [0, 0.1) is 0 Å². The zero-order valence-electron chi connectivity index (χ0n) is 9.99. The van der Waals surface area contributed by atoms with E-state index in [2.05, 4.69) is 10.6 Å². The van der Waals surface area contributed by atoms with Crippen LogP contribution in [0.25, 0.3) is 6.08 Å². The number of carbonyl (C=O) groups is 2. The van der Waals surface area contributed by atoms with E-state index < -0.39 is 0 Å². The highest BCUT2D eigenvalue weighted by Gasteiger charge is 1.95. The van der Waals surface area contributed by atoms with Crippen molar-refractivity contribution < 1.29 is 9.59 Å². The predicted molar refractivity (Wildman–Crippen MR) is 68.5 cm³/mol. The maximum absolute atomic E-state index is 10.9. The summed E-state index contributed by atoms with van der Waals surface area (Å²) in [5.74, 6) is -0.147. The number of nitrogens with one attached hydrogen (secondary N) is 2. The molecular weight excluding hydrogens is 216 g/mol. The molecule has 0 heterocycles. The quantitative estimate of drug-likeness (QED) is 0.831. The van der Waals surface area contributed by atoms with E-state index in [9.17, 15) is 9.59 Å². The van der Waals surface area contributed by atoms with Gasteiger partial charge in [-0.1, -0.05) is 24.3 Å². The van der Waals surface area contributed by atoms with E-state index in [4.69, 9.17) is 0 Å². The molecule has 1 aromatic carbocycles. The van der Waals surface area contributed by atoms with E-state index in [-0.39, 0.29) is 11.8 Å². The fourth-order valence-electron chi connectivity index (χ4n) is 1.32. The third-order valence-corrected chi connectivity index (χ3v) is 1.99. The summed E-state index contributed by atoms with van der Waals surface area (Å²) in [6.45, 7) is 3.45. The van der Waals surface area contributed by atoms with Crippen LogP contribution in [0.1, 0.15) is 19.4 Å². The van der Waals surface area contributed by atoms with Gasteiger partial charge in [0.15, 0.2) is 0 Å². The number of carbonyl (C=O) groups excluding carboxylic acids is 2. The first-order valence-corrected chi connectivity index (χ1v) is 5.36. The van der Waals surface area contributed by atoms with Gasteiger partial charge < -0.3 is 10.6 Å². The highest BCUT2D eigenvalue weighted by atomic mass is 16.2. The second-order valence-corrected chi connectivity index (χ2v) is 3.65. The summed E-state index contributed by atoms with van der Waals surface area (Å²) in [5, 5.41) is 5.38. The largest absolute Gasteiger partial charge is 0.353 e. The minimum absolute atomic E-state index is 0.0540. The van der Waals surface area contributed by atoms with Gasteiger partial charge in [0.2, 0.25) is 11.8 Å². The molecule has 0 saturated heterocycles. The molecule has 0 aliphatic rings. The van der Waals surface area contributed by atoms with Crippen LogP contribution >= 0.6 is 0 Å². The molecular formula is C13H16N2O2. The Hall–Kier alpha value is -2.10. The van der Waals surface area contributed by atoms with Gasteiger partial charge in [-0.2, -0.15) is 0 Å². The van der Waals surface area contributed by atoms with Crippen molar-refractivity contribution >= 4 is 23.6 Å². The summed E-state index contributed by atoms with van der Waals surface area (Å²) in [5.41, 5.74) is 1.74. The van der Waals surface area contributed by atoms with Crippen LogP contribution in [0.3, 0.4) is 0 Å². The molecule has 0 aromatic heterocycles. The smallest absolute Gasteiger partial charge is 0.221 e. The molecule has 17 heavy (non-hydrogen) atoms. The first-order chi connectivity index (χ1) is 8.08. The van der Waals surface area contributed by atoms with Crippen molar-refractivity contribution in [2.24, 2.45) is 0 Å². The molecule has 1 aromatic rings. The molecule has 0 spiro atoms. The summed E-state index contributed by atoms with van der Waals surface area (Å²) in [4.78, 5) is 21.5. The molecule has 4 heteroatoms. The van der Waals surface area contributed by atoms with Crippen LogP contribution < -0.4 is 10.6 Å². The van der Waals surface area contributed by atoms with Crippen molar-refractivity contribution in [1.82, 2.24) is 5.32 Å². The average molecular weight is 232 g/mol. The first-order valence-electron chi connectivity index (χ1n) is 5.36. The van der Waals surface area contributed by atoms with Crippen LogP contribution in [0.2, 0.25) is 0 Å². The lowest BCUT2D eigenvalue weighted by atomic mass is 10.2. The van der Waals surface area contributed by atoms with Gasteiger partial charge in [0.25, 0.3) is 0 Å². The fraction of sp³-hybridized carbons (Fsp3) is 0.231. The number of hydrogen-bond acceptors (Lipinski definition) is 2. The zero-order valence-corrected chi connectivity index (χ0v) is 9.99. The molecule has 0 radical (unpaired) electrons. The molecule has 0 aliphatic heterocycles. The predicted octanol–water partition coefficient (Wildman–Crippen LogP) is 1.79. The van der Waals surface area contributed by atoms with Crippen molar-refractivity contribution in [3.05, 3.63) is 35.9 Å². The van der Waals surface area contributed by atoms with Crippen molar-refractivity contribution in [2.75, 3.05) is 11.9 Å². The van der Waals surface area contributed by atoms with Gasteiger partial charge in [-0.05, 0) is 17.7 Å². The lowest BCUT2D eigenvalue weighted by Gasteiger charge is -2.02. The minimum atomic E-state index is -0.0932. The molecule has 90 valence electrons. The number of amides is 2. The second kappa shape index (κ2) is 6.48. The monoisotopic (exact) mass is 232 g/mol. The Bertz CT molecular complexity index is 439. The lowest BCUT2D eigenvalue weighted by molar-refractivity contribution is -0.118. The fourth-order valence-corrected chi connectivity index (χ4v) is 1.32. The van der Waals surface area contributed by atoms with Crippen molar-refractivity contribution in [1.29, 1.82) is 0 Å². The highest BCUT2D eigenvalue weighted by molar-refractivity contribution is 5.88. The lowest BCUT2D eigenvalue weighted by Crippen LogP contribution is -2.19. The Balaban J connectivity index is 2.59. The normalized spacial score (nSPS) is 10.2. The first kappa shape index (κ1) is 13.0. The standard InChI is InChI=1S/C13H16N2O2/c1-10(16)14-8-4-6-12-5-3-7-13(9-12)15-11(2)17/h3-7,9H,8H2,1-2H3,(H,14,16)(H,15,17). The Morgan fingerprint density at radius 1 is 1.24 bits per heavy atom. The van der Waals surface area contributed by atoms with Crippen LogP contribution in [-0.4, -0.2) is 18.4 Å². The van der Waals surface area contributed by atoms with Gasteiger partial charge >= 0.3 is 0 Å². The molecule has 0 fully saturated rings. The Morgan fingerprint density at radius 2 is 2.00 bits per heavy atom. The molecule has 2 amide bonds. The molecule has 0 aliphatic carbocycles. The van der Waals surface area contributed by atoms with E-state index in [1.54, 1.807) is 0 Å². The third kappa shape index (κ3) is 5.51. The summed E-state index contributed by atoms with van der Waals surface area (Å²) in [7, 11) is 0. The van der Waals surface area contributed by atoms with Crippen LogP contribution in [0.4, 0.5) is 5.69 Å². The average Bonchev–Trinajstić information content (AvgIpc) is 2.24. The molecule has 4 nitrogen and oxygen atoms in total. The summed E-state index contributed by atoms with van der Waals surface area (Å²) in [6, 6.07) is 7.48. The SMILES string of the molecule is CC(=O)NCC=Cc1cccc(NC(C)=O)c1. The van der Waals surface area contributed by atoms with E-state index >= 15 is 0 Å². The van der Waals surface area contributed by atoms with Gasteiger partial charge in [-0.25, -0.2) is 0 Å². The van der Waals surface area contributed by atoms with E-state index in [0.717, 1.165) is 11.3 Å². The third-order valence-electron chi connectivity index (χ3n) is 1.99. The van der Waals surface area contributed by atoms with Gasteiger partial charge in [0.1, 0.15) is 0 Å². The number of benzene rings is 1. The topological polar surface area (TPSA) is 58.2 Å². The number of anilines is 1. The second-order valence-electron chi connectivity index (χ2n) is 3.65. The van der Waals surface area contributed by atoms with Crippen molar-refractivity contribution in [3.63, 3.8) is 0 Å². The Labute approximate surface area is 101 Å². The highest BCUT2D eigenvalue weighted by Crippen LogP contribution is 2.11. The molecule has 0 atom stereocenters. The Kier molecular flexibility index (Phi) is 4.94. The molecule has 0 unspecified atom stereocenters. The molecule has 2 N–H and O–H groups in total. The molecule has 0 bridgehead atoms. The Morgan fingerprint density at radius 3 is 2.65 bits per heavy atom. The van der Waals surface area contributed by atoms with Gasteiger partial charge in [-0.3, -0.25) is 9.59 Å². The molecule has 1 rings (SSSR count). The summed E-state index contributed by atoms with van der Waals surface area (Å²) in [6.07, 6.45) is 3.75. The van der Waals surface area contributed by atoms with Gasteiger partial charge in [0, 0.05) is 26.1 Å². The van der Waals surface area contributed by atoms with Crippen LogP contribution in [0.15, 0.2) is 30.3 Å². The van der Waals surface area contributed by atoms with Crippen LogP contribution in [-0.2, 0) is 9.59 Å². The van der Waals surface area contributed by atoms with Crippen LogP contribution in [0.5, 0.6) is 0 Å². The van der Waals surface area contributed by atoms with Gasteiger partial charge in [0.05, 0.1) is 0 Å². The summed E-state index contributed by atoms with van der Waals surface area (Å²) >= 11 is 0. The van der Waals surface area contributed by atoms with E-state index in [1.807, 2.05) is 36.4 Å². The minimum Gasteiger partial charge on any atom is -0.353 e. The van der Waals surface area contributed by atoms with E-state index in [1.165, 1.54) is 13.8 Å². The van der Waals surface area contributed by atoms with Gasteiger partial charge in [-0.15, -0.1) is 0 Å². The van der Waals surface area contributed by atoms with E-state index in [0.29, 0.717) is 6.54 Å². The maximum Gasteiger partial charge on any atom is 0.221 e. The number of rotatable bonds is 4.